The molecule has 0 bridgehead atoms. The normalized spacial score (nSPS) is 15.7. The molecule has 0 unspecified atom stereocenters. The second kappa shape index (κ2) is 9.18. The van der Waals surface area contributed by atoms with E-state index in [0.29, 0.717) is 36.7 Å². The molecule has 5 rings (SSSR count). The Balaban J connectivity index is 1.57. The van der Waals surface area contributed by atoms with Gasteiger partial charge in [-0.2, -0.15) is 0 Å². The van der Waals surface area contributed by atoms with Crippen LogP contribution >= 0.6 is 0 Å². The summed E-state index contributed by atoms with van der Waals surface area (Å²) in [4.78, 5) is 31.0. The van der Waals surface area contributed by atoms with Crippen LogP contribution in [0, 0.1) is 6.92 Å². The number of nitrogens with zero attached hydrogens (tertiary/aromatic N) is 2. The van der Waals surface area contributed by atoms with Crippen LogP contribution < -0.4 is 9.64 Å². The largest absolute Gasteiger partial charge is 0.494 e. The Bertz CT molecular complexity index is 1280. The van der Waals surface area contributed by atoms with Gasteiger partial charge in [0.25, 0.3) is 11.8 Å². The monoisotopic (exact) mass is 452 g/mol. The number of benzene rings is 3. The fourth-order valence-corrected chi connectivity index (χ4v) is 4.70. The molecule has 5 nitrogen and oxygen atoms in total. The van der Waals surface area contributed by atoms with E-state index >= 15 is 0 Å². The van der Waals surface area contributed by atoms with Crippen molar-refractivity contribution in [2.45, 2.75) is 33.2 Å². The second-order valence-electron chi connectivity index (χ2n) is 8.82. The van der Waals surface area contributed by atoms with Crippen molar-refractivity contribution < 1.29 is 14.3 Å². The second-order valence-corrected chi connectivity index (χ2v) is 8.82. The Labute approximate surface area is 200 Å². The molecular weight excluding hydrogens is 424 g/mol. The summed E-state index contributed by atoms with van der Waals surface area (Å²) in [6.45, 7) is 5.95. The van der Waals surface area contributed by atoms with Crippen LogP contribution in [0.25, 0.3) is 5.57 Å². The van der Waals surface area contributed by atoms with E-state index in [1.165, 1.54) is 16.0 Å². The van der Waals surface area contributed by atoms with Crippen molar-refractivity contribution in [2.24, 2.45) is 0 Å². The average molecular weight is 453 g/mol. The predicted molar refractivity (Wildman–Crippen MR) is 133 cm³/mol. The SMILES string of the molecule is CCCOc1ccc(C2=C(N3CCc4ccccc4C3)C(=O)N(c3cccc(C)c3)C2=O)cc1. The number of fused-ring (bicyclic) bond motifs is 1. The summed E-state index contributed by atoms with van der Waals surface area (Å²) in [6, 6.07) is 23.3. The predicted octanol–water partition coefficient (Wildman–Crippen LogP) is 5.13. The zero-order chi connectivity index (χ0) is 23.7. The molecule has 3 aromatic carbocycles. The van der Waals surface area contributed by atoms with E-state index in [4.69, 9.17) is 4.74 Å². The fraction of sp³-hybridized carbons (Fsp3) is 0.241. The molecule has 0 spiro atoms. The topological polar surface area (TPSA) is 49.9 Å². The molecule has 0 aliphatic carbocycles. The summed E-state index contributed by atoms with van der Waals surface area (Å²) in [7, 11) is 0. The fourth-order valence-electron chi connectivity index (χ4n) is 4.70. The van der Waals surface area contributed by atoms with E-state index in [1.54, 1.807) is 0 Å². The molecule has 34 heavy (non-hydrogen) atoms. The standard InChI is InChI=1S/C29H28N2O3/c1-3-17-34-25-13-11-22(12-14-25)26-27(30-16-15-21-8-4-5-9-23(21)19-30)29(33)31(28(26)32)24-10-6-7-20(2)18-24/h4-14,18H,3,15-17,19H2,1-2H3. The van der Waals surface area contributed by atoms with Gasteiger partial charge >= 0.3 is 0 Å². The van der Waals surface area contributed by atoms with Gasteiger partial charge in [0.2, 0.25) is 0 Å². The lowest BCUT2D eigenvalue weighted by Crippen LogP contribution is -2.37. The van der Waals surface area contributed by atoms with E-state index in [0.717, 1.165) is 29.7 Å². The highest BCUT2D eigenvalue weighted by Crippen LogP contribution is 2.37. The first-order valence-corrected chi connectivity index (χ1v) is 11.8. The van der Waals surface area contributed by atoms with Crippen LogP contribution in [-0.2, 0) is 22.6 Å². The molecule has 2 aliphatic rings. The van der Waals surface area contributed by atoms with Crippen LogP contribution in [0.15, 0.2) is 78.5 Å². The Kier molecular flexibility index (Phi) is 5.93. The quantitative estimate of drug-likeness (QED) is 0.487. The number of aryl methyl sites for hydroxylation is 1. The van der Waals surface area contributed by atoms with Crippen molar-refractivity contribution >= 4 is 23.1 Å². The molecule has 2 amide bonds. The number of hydrogen-bond acceptors (Lipinski definition) is 4. The molecule has 172 valence electrons. The average Bonchev–Trinajstić information content (AvgIpc) is 3.12. The third-order valence-corrected chi connectivity index (χ3v) is 6.38. The summed E-state index contributed by atoms with van der Waals surface area (Å²) in [6.07, 6.45) is 1.76. The highest BCUT2D eigenvalue weighted by atomic mass is 16.5. The number of hydrogen-bond donors (Lipinski definition) is 0. The number of imide groups is 1. The van der Waals surface area contributed by atoms with Gasteiger partial charge in [0.1, 0.15) is 11.4 Å². The van der Waals surface area contributed by atoms with Crippen LogP contribution in [0.3, 0.4) is 0 Å². The van der Waals surface area contributed by atoms with Crippen molar-refractivity contribution in [2.75, 3.05) is 18.1 Å². The van der Waals surface area contributed by atoms with Gasteiger partial charge < -0.3 is 9.64 Å². The smallest absolute Gasteiger partial charge is 0.282 e. The maximum absolute atomic E-state index is 13.8. The molecule has 0 N–H and O–H groups in total. The maximum Gasteiger partial charge on any atom is 0.282 e. The number of rotatable bonds is 6. The van der Waals surface area contributed by atoms with E-state index in [9.17, 15) is 9.59 Å². The molecule has 0 saturated heterocycles. The molecule has 3 aromatic rings. The molecule has 0 saturated carbocycles. The molecule has 0 atom stereocenters. The Morgan fingerprint density at radius 1 is 0.882 bits per heavy atom. The van der Waals surface area contributed by atoms with Crippen molar-refractivity contribution in [3.63, 3.8) is 0 Å². The highest BCUT2D eigenvalue weighted by Gasteiger charge is 2.43. The zero-order valence-electron chi connectivity index (χ0n) is 19.6. The molecular formula is C29H28N2O3. The lowest BCUT2D eigenvalue weighted by molar-refractivity contribution is -0.120. The lowest BCUT2D eigenvalue weighted by Gasteiger charge is -2.31. The molecule has 0 aromatic heterocycles. The molecule has 2 aliphatic heterocycles. The maximum atomic E-state index is 13.8. The summed E-state index contributed by atoms with van der Waals surface area (Å²) in [5.74, 6) is 0.204. The van der Waals surface area contributed by atoms with Gasteiger partial charge in [0, 0.05) is 13.1 Å². The van der Waals surface area contributed by atoms with Crippen molar-refractivity contribution in [3.8, 4) is 5.75 Å². The third kappa shape index (κ3) is 3.98. The minimum absolute atomic E-state index is 0.267. The summed E-state index contributed by atoms with van der Waals surface area (Å²) >= 11 is 0. The van der Waals surface area contributed by atoms with Gasteiger partial charge in [-0.15, -0.1) is 0 Å². The zero-order valence-corrected chi connectivity index (χ0v) is 19.6. The van der Waals surface area contributed by atoms with Crippen LogP contribution in [0.5, 0.6) is 5.75 Å². The molecule has 0 radical (unpaired) electrons. The Hall–Kier alpha value is -3.86. The Morgan fingerprint density at radius 2 is 1.65 bits per heavy atom. The first kappa shape index (κ1) is 22.0. The van der Waals surface area contributed by atoms with E-state index in [-0.39, 0.29) is 11.8 Å². The third-order valence-electron chi connectivity index (χ3n) is 6.38. The van der Waals surface area contributed by atoms with Gasteiger partial charge in [-0.1, -0.05) is 55.5 Å². The van der Waals surface area contributed by atoms with Gasteiger partial charge in [-0.05, 0) is 66.3 Å². The number of anilines is 1. The van der Waals surface area contributed by atoms with E-state index < -0.39 is 0 Å². The van der Waals surface area contributed by atoms with Crippen molar-refractivity contribution in [1.82, 2.24) is 4.90 Å². The van der Waals surface area contributed by atoms with Gasteiger partial charge in [-0.3, -0.25) is 9.59 Å². The Morgan fingerprint density at radius 3 is 2.38 bits per heavy atom. The molecule has 2 heterocycles. The summed E-state index contributed by atoms with van der Waals surface area (Å²) < 4.78 is 5.72. The number of carbonyl (C=O) groups excluding carboxylic acids is 2. The van der Waals surface area contributed by atoms with Gasteiger partial charge in [0.15, 0.2) is 0 Å². The van der Waals surface area contributed by atoms with Crippen LogP contribution in [-0.4, -0.2) is 29.9 Å². The van der Waals surface area contributed by atoms with E-state index in [1.807, 2.05) is 67.6 Å². The minimum Gasteiger partial charge on any atom is -0.494 e. The minimum atomic E-state index is -0.285. The van der Waals surface area contributed by atoms with Crippen LogP contribution in [0.1, 0.15) is 35.6 Å². The van der Waals surface area contributed by atoms with Crippen molar-refractivity contribution in [1.29, 1.82) is 0 Å². The first-order chi connectivity index (χ1) is 16.6. The molecule has 0 fully saturated rings. The van der Waals surface area contributed by atoms with Crippen LogP contribution in [0.2, 0.25) is 0 Å². The van der Waals surface area contributed by atoms with E-state index in [2.05, 4.69) is 24.0 Å². The molecule has 5 heteroatoms. The van der Waals surface area contributed by atoms with Crippen LogP contribution in [0.4, 0.5) is 5.69 Å². The van der Waals surface area contributed by atoms with Crippen molar-refractivity contribution in [3.05, 3.63) is 101 Å². The number of amides is 2. The lowest BCUT2D eigenvalue weighted by atomic mass is 9.98. The number of carbonyl (C=O) groups is 2. The first-order valence-electron chi connectivity index (χ1n) is 11.8. The highest BCUT2D eigenvalue weighted by molar-refractivity contribution is 6.45. The van der Waals surface area contributed by atoms with Gasteiger partial charge in [0.05, 0.1) is 17.9 Å². The summed E-state index contributed by atoms with van der Waals surface area (Å²) in [5, 5.41) is 0. The van der Waals surface area contributed by atoms with Gasteiger partial charge in [-0.25, -0.2) is 4.90 Å². The number of ether oxygens (including phenoxy) is 1. The summed E-state index contributed by atoms with van der Waals surface area (Å²) in [5.41, 5.74) is 5.74.